The normalized spacial score (nSPS) is 12.1. The number of phenols is 1. The number of fused-ring (bicyclic) bond motifs is 1. The summed E-state index contributed by atoms with van der Waals surface area (Å²) in [6.07, 6.45) is 0. The fourth-order valence-electron chi connectivity index (χ4n) is 3.79. The van der Waals surface area contributed by atoms with Crippen molar-refractivity contribution < 1.29 is 9.90 Å². The van der Waals surface area contributed by atoms with Gasteiger partial charge in [0.25, 0.3) is 5.91 Å². The van der Waals surface area contributed by atoms with Crippen molar-refractivity contribution in [2.24, 2.45) is 0 Å². The molecular weight excluding hydrogens is 370 g/mol. The lowest BCUT2D eigenvalue weighted by Crippen LogP contribution is -2.29. The maximum absolute atomic E-state index is 13.0. The zero-order chi connectivity index (χ0) is 21.1. The van der Waals surface area contributed by atoms with Crippen LogP contribution in [0, 0.1) is 0 Å². The minimum absolute atomic E-state index is 0.167. The van der Waals surface area contributed by atoms with Gasteiger partial charge in [-0.3, -0.25) is 4.79 Å². The predicted octanol–water partition coefficient (Wildman–Crippen LogP) is 6.19. The van der Waals surface area contributed by atoms with Crippen LogP contribution in [0.25, 0.3) is 10.8 Å². The van der Waals surface area contributed by atoms with E-state index in [0.29, 0.717) is 17.0 Å². The average Bonchev–Trinajstić information content (AvgIpc) is 2.78. The van der Waals surface area contributed by atoms with E-state index < -0.39 is 6.04 Å². The maximum atomic E-state index is 13.0. The van der Waals surface area contributed by atoms with E-state index in [1.807, 2.05) is 60.7 Å². The zero-order valence-corrected chi connectivity index (χ0v) is 17.2. The molecule has 0 radical (unpaired) electrons. The number of amides is 1. The third kappa shape index (κ3) is 3.92. The molecule has 1 amide bonds. The summed E-state index contributed by atoms with van der Waals surface area (Å²) in [6, 6.07) is 28.4. The molecule has 1 atom stereocenters. The summed E-state index contributed by atoms with van der Waals surface area (Å²) in [7, 11) is 0. The van der Waals surface area contributed by atoms with Crippen molar-refractivity contribution in [2.45, 2.75) is 25.8 Å². The standard InChI is InChI=1S/C27H25NO2/c1-18(2)19-12-14-21(15-13-19)26(28-27(30)22-9-4-3-5-10-22)25-23-11-7-6-8-20(23)16-17-24(25)29/h3-18,26,29H,1-2H3,(H,28,30). The molecule has 0 aromatic heterocycles. The Morgan fingerprint density at radius 2 is 1.40 bits per heavy atom. The van der Waals surface area contributed by atoms with Gasteiger partial charge in [0.05, 0.1) is 6.04 Å². The molecule has 30 heavy (non-hydrogen) atoms. The Labute approximate surface area is 177 Å². The number of rotatable bonds is 5. The van der Waals surface area contributed by atoms with Gasteiger partial charge in [-0.1, -0.05) is 86.6 Å². The van der Waals surface area contributed by atoms with Crippen molar-refractivity contribution in [1.29, 1.82) is 0 Å². The van der Waals surface area contributed by atoms with E-state index in [0.717, 1.165) is 16.3 Å². The summed E-state index contributed by atoms with van der Waals surface area (Å²) in [5, 5.41) is 15.9. The van der Waals surface area contributed by atoms with E-state index >= 15 is 0 Å². The minimum atomic E-state index is -0.481. The number of nitrogens with one attached hydrogen (secondary N) is 1. The lowest BCUT2D eigenvalue weighted by atomic mass is 9.91. The van der Waals surface area contributed by atoms with Crippen LogP contribution in [0.2, 0.25) is 0 Å². The van der Waals surface area contributed by atoms with Crippen LogP contribution in [0.4, 0.5) is 0 Å². The van der Waals surface area contributed by atoms with Gasteiger partial charge in [0.2, 0.25) is 0 Å². The van der Waals surface area contributed by atoms with Gasteiger partial charge in [-0.2, -0.15) is 0 Å². The molecule has 0 saturated heterocycles. The van der Waals surface area contributed by atoms with Gasteiger partial charge in [-0.05, 0) is 46.0 Å². The first-order valence-electron chi connectivity index (χ1n) is 10.2. The van der Waals surface area contributed by atoms with Crippen LogP contribution < -0.4 is 5.32 Å². The van der Waals surface area contributed by atoms with E-state index in [1.54, 1.807) is 18.2 Å². The quantitative estimate of drug-likeness (QED) is 0.423. The van der Waals surface area contributed by atoms with Crippen molar-refractivity contribution in [3.63, 3.8) is 0 Å². The van der Waals surface area contributed by atoms with E-state index in [2.05, 4.69) is 31.3 Å². The number of aromatic hydroxyl groups is 1. The second-order valence-corrected chi connectivity index (χ2v) is 7.81. The first-order valence-corrected chi connectivity index (χ1v) is 10.2. The minimum Gasteiger partial charge on any atom is -0.508 e. The topological polar surface area (TPSA) is 49.3 Å². The third-order valence-corrected chi connectivity index (χ3v) is 5.48. The summed E-state index contributed by atoms with van der Waals surface area (Å²) < 4.78 is 0. The molecule has 2 N–H and O–H groups in total. The molecule has 4 rings (SSSR count). The Morgan fingerprint density at radius 1 is 0.767 bits per heavy atom. The van der Waals surface area contributed by atoms with Crippen molar-refractivity contribution in [2.75, 3.05) is 0 Å². The number of phenolic OH excluding ortho intramolecular Hbond substituents is 1. The molecule has 0 spiro atoms. The largest absolute Gasteiger partial charge is 0.508 e. The van der Waals surface area contributed by atoms with Gasteiger partial charge in [0.15, 0.2) is 0 Å². The Balaban J connectivity index is 1.84. The van der Waals surface area contributed by atoms with Gasteiger partial charge < -0.3 is 10.4 Å². The molecule has 1 unspecified atom stereocenters. The molecule has 3 nitrogen and oxygen atoms in total. The summed E-state index contributed by atoms with van der Waals surface area (Å²) in [6.45, 7) is 4.31. The predicted molar refractivity (Wildman–Crippen MR) is 122 cm³/mol. The molecule has 0 aliphatic carbocycles. The SMILES string of the molecule is CC(C)c1ccc(C(NC(=O)c2ccccc2)c2c(O)ccc3ccccc23)cc1. The lowest BCUT2D eigenvalue weighted by molar-refractivity contribution is 0.0943. The fraction of sp³-hybridized carbons (Fsp3) is 0.148. The number of carbonyl (C=O) groups excluding carboxylic acids is 1. The average molecular weight is 396 g/mol. The van der Waals surface area contributed by atoms with E-state index in [9.17, 15) is 9.90 Å². The highest BCUT2D eigenvalue weighted by Gasteiger charge is 2.23. The van der Waals surface area contributed by atoms with Gasteiger partial charge in [-0.15, -0.1) is 0 Å². The first-order chi connectivity index (χ1) is 14.5. The number of hydrogen-bond donors (Lipinski definition) is 2. The number of carbonyl (C=O) groups is 1. The van der Waals surface area contributed by atoms with Crippen LogP contribution in [0.1, 0.15) is 52.9 Å². The van der Waals surface area contributed by atoms with E-state index in [-0.39, 0.29) is 11.7 Å². The molecule has 4 aromatic carbocycles. The molecule has 3 heteroatoms. The van der Waals surface area contributed by atoms with Crippen molar-refractivity contribution in [3.05, 3.63) is 113 Å². The Bertz CT molecular complexity index is 1160. The smallest absolute Gasteiger partial charge is 0.252 e. The summed E-state index contributed by atoms with van der Waals surface area (Å²) in [4.78, 5) is 13.0. The van der Waals surface area contributed by atoms with Crippen LogP contribution in [-0.2, 0) is 0 Å². The van der Waals surface area contributed by atoms with Gasteiger partial charge in [0.1, 0.15) is 5.75 Å². The fourth-order valence-corrected chi connectivity index (χ4v) is 3.79. The summed E-state index contributed by atoms with van der Waals surface area (Å²) in [5.41, 5.74) is 3.44. The zero-order valence-electron chi connectivity index (χ0n) is 17.2. The third-order valence-electron chi connectivity index (χ3n) is 5.48. The van der Waals surface area contributed by atoms with Crippen molar-refractivity contribution in [1.82, 2.24) is 5.32 Å². The first kappa shape index (κ1) is 19.7. The van der Waals surface area contributed by atoms with Gasteiger partial charge >= 0.3 is 0 Å². The van der Waals surface area contributed by atoms with Crippen LogP contribution in [0.15, 0.2) is 91.0 Å². The monoisotopic (exact) mass is 395 g/mol. The van der Waals surface area contributed by atoms with Crippen molar-refractivity contribution in [3.8, 4) is 5.75 Å². The van der Waals surface area contributed by atoms with E-state index in [4.69, 9.17) is 0 Å². The van der Waals surface area contributed by atoms with Crippen LogP contribution >= 0.6 is 0 Å². The second kappa shape index (κ2) is 8.42. The van der Waals surface area contributed by atoms with Crippen LogP contribution in [0.5, 0.6) is 5.75 Å². The molecule has 0 fully saturated rings. The molecule has 0 aliphatic rings. The molecular formula is C27H25NO2. The lowest BCUT2D eigenvalue weighted by Gasteiger charge is -2.23. The Hall–Kier alpha value is -3.59. The van der Waals surface area contributed by atoms with E-state index in [1.165, 1.54) is 5.56 Å². The Kier molecular flexibility index (Phi) is 5.53. The van der Waals surface area contributed by atoms with Crippen LogP contribution in [-0.4, -0.2) is 11.0 Å². The highest BCUT2D eigenvalue weighted by Crippen LogP contribution is 2.36. The van der Waals surface area contributed by atoms with Gasteiger partial charge in [0, 0.05) is 11.1 Å². The second-order valence-electron chi connectivity index (χ2n) is 7.81. The van der Waals surface area contributed by atoms with Crippen molar-refractivity contribution >= 4 is 16.7 Å². The number of benzene rings is 4. The number of hydrogen-bond acceptors (Lipinski definition) is 2. The highest BCUT2D eigenvalue weighted by atomic mass is 16.3. The molecule has 0 bridgehead atoms. The van der Waals surface area contributed by atoms with Gasteiger partial charge in [-0.25, -0.2) is 0 Å². The molecule has 0 saturated carbocycles. The summed E-state index contributed by atoms with van der Waals surface area (Å²) >= 11 is 0. The molecule has 150 valence electrons. The maximum Gasteiger partial charge on any atom is 0.252 e. The Morgan fingerprint density at radius 3 is 2.10 bits per heavy atom. The summed E-state index contributed by atoms with van der Waals surface area (Å²) in [5.74, 6) is 0.406. The molecule has 4 aromatic rings. The highest BCUT2D eigenvalue weighted by molar-refractivity contribution is 5.96. The molecule has 0 heterocycles. The molecule has 0 aliphatic heterocycles. The van der Waals surface area contributed by atoms with Crippen LogP contribution in [0.3, 0.4) is 0 Å².